The summed E-state index contributed by atoms with van der Waals surface area (Å²) in [5, 5.41) is 4.05. The first-order valence-electron chi connectivity index (χ1n) is 2.99. The van der Waals surface area contributed by atoms with Crippen LogP contribution in [0.1, 0.15) is 0 Å². The van der Waals surface area contributed by atoms with E-state index < -0.39 is 31.6 Å². The molecule has 2 N–H and O–H groups in total. The molecule has 3 nitrogen and oxygen atoms in total. The molecule has 0 fully saturated rings. The molecular formula is C6H4ClF2NO2S. The Morgan fingerprint density at radius 3 is 2.23 bits per heavy atom. The fraction of sp³-hybridized carbons (Fsp3) is 0. The Balaban J connectivity index is 3.47. The molecule has 0 heterocycles. The van der Waals surface area contributed by atoms with Crippen LogP contribution < -0.4 is 5.14 Å². The lowest BCUT2D eigenvalue weighted by Crippen LogP contribution is -2.12. The van der Waals surface area contributed by atoms with Crippen LogP contribution in [-0.4, -0.2) is 8.42 Å². The lowest BCUT2D eigenvalue weighted by atomic mass is 10.3. The average molecular weight is 228 g/mol. The molecule has 72 valence electrons. The maximum atomic E-state index is 12.6. The van der Waals surface area contributed by atoms with Gasteiger partial charge in [0, 0.05) is 0 Å². The molecule has 0 aliphatic rings. The highest BCUT2D eigenvalue weighted by Crippen LogP contribution is 2.21. The van der Waals surface area contributed by atoms with Gasteiger partial charge in [-0.25, -0.2) is 22.3 Å². The Labute approximate surface area is 78.2 Å². The molecule has 0 spiro atoms. The molecule has 1 rings (SSSR count). The van der Waals surface area contributed by atoms with Gasteiger partial charge in [-0.15, -0.1) is 0 Å². The van der Waals surface area contributed by atoms with Crippen molar-refractivity contribution < 1.29 is 17.2 Å². The van der Waals surface area contributed by atoms with Gasteiger partial charge in [-0.05, 0) is 12.1 Å². The van der Waals surface area contributed by atoms with E-state index in [2.05, 4.69) is 5.14 Å². The van der Waals surface area contributed by atoms with Gasteiger partial charge in [-0.2, -0.15) is 0 Å². The highest BCUT2D eigenvalue weighted by atomic mass is 35.5. The van der Waals surface area contributed by atoms with Gasteiger partial charge in [0.05, 0.1) is 9.92 Å². The minimum atomic E-state index is -4.06. The average Bonchev–Trinajstić information content (AvgIpc) is 1.97. The van der Waals surface area contributed by atoms with Crippen LogP contribution in [-0.2, 0) is 10.0 Å². The number of benzene rings is 1. The van der Waals surface area contributed by atoms with E-state index in [-0.39, 0.29) is 0 Å². The first-order chi connectivity index (χ1) is 5.82. The Morgan fingerprint density at radius 2 is 1.85 bits per heavy atom. The minimum absolute atomic E-state index is 0.469. The Bertz CT molecular complexity index is 423. The number of nitrogens with two attached hydrogens (primary N) is 1. The molecule has 0 radical (unpaired) electrons. The summed E-state index contributed by atoms with van der Waals surface area (Å²) in [6.45, 7) is 0. The van der Waals surface area contributed by atoms with Crippen molar-refractivity contribution in [2.24, 2.45) is 5.14 Å². The van der Waals surface area contributed by atoms with Crippen LogP contribution in [0.3, 0.4) is 0 Å². The van der Waals surface area contributed by atoms with Gasteiger partial charge in [-0.3, -0.25) is 0 Å². The van der Waals surface area contributed by atoms with Crippen LogP contribution in [0.25, 0.3) is 0 Å². The summed E-state index contributed by atoms with van der Waals surface area (Å²) in [5.74, 6) is -2.65. The number of sulfonamides is 1. The molecule has 0 aliphatic carbocycles. The first-order valence-corrected chi connectivity index (χ1v) is 4.92. The normalized spacial score (nSPS) is 11.7. The number of hydrogen-bond acceptors (Lipinski definition) is 2. The molecule has 0 aromatic heterocycles. The molecule has 0 unspecified atom stereocenters. The molecule has 0 atom stereocenters. The summed E-state index contributed by atoms with van der Waals surface area (Å²) in [5.41, 5.74) is 0. The van der Waals surface area contributed by atoms with Crippen LogP contribution in [0.5, 0.6) is 0 Å². The summed E-state index contributed by atoms with van der Waals surface area (Å²) in [6, 6.07) is 1.21. The smallest absolute Gasteiger partial charge is 0.225 e. The molecule has 1 aromatic carbocycles. The molecule has 0 saturated carbocycles. The minimum Gasteiger partial charge on any atom is -0.225 e. The predicted molar refractivity (Wildman–Crippen MR) is 42.7 cm³/mol. The quantitative estimate of drug-likeness (QED) is 0.735. The van der Waals surface area contributed by atoms with Crippen LogP contribution in [0.4, 0.5) is 8.78 Å². The fourth-order valence-corrected chi connectivity index (χ4v) is 1.52. The summed E-state index contributed by atoms with van der Waals surface area (Å²) >= 11 is 5.19. The van der Waals surface area contributed by atoms with E-state index in [1.165, 1.54) is 0 Å². The SMILES string of the molecule is NS(=O)(=O)c1cc(F)c(F)c(Cl)c1. The largest absolute Gasteiger partial charge is 0.238 e. The van der Waals surface area contributed by atoms with Gasteiger partial charge in [-0.1, -0.05) is 11.6 Å². The van der Waals surface area contributed by atoms with Crippen LogP contribution in [0.2, 0.25) is 5.02 Å². The van der Waals surface area contributed by atoms with Crippen LogP contribution in [0.15, 0.2) is 17.0 Å². The lowest BCUT2D eigenvalue weighted by molar-refractivity contribution is 0.505. The van der Waals surface area contributed by atoms with Crippen LogP contribution in [0, 0.1) is 11.6 Å². The molecule has 1 aromatic rings. The van der Waals surface area contributed by atoms with E-state index in [9.17, 15) is 17.2 Å². The lowest BCUT2D eigenvalue weighted by Gasteiger charge is -2.00. The Hall–Kier alpha value is -0.720. The van der Waals surface area contributed by atoms with Gasteiger partial charge in [0.1, 0.15) is 0 Å². The van der Waals surface area contributed by atoms with Crippen molar-refractivity contribution in [2.75, 3.05) is 0 Å². The van der Waals surface area contributed by atoms with Crippen molar-refractivity contribution in [1.29, 1.82) is 0 Å². The summed E-state index contributed by atoms with van der Waals surface area (Å²) in [4.78, 5) is -0.559. The number of halogens is 3. The van der Waals surface area contributed by atoms with E-state index in [1.54, 1.807) is 0 Å². The van der Waals surface area contributed by atoms with Gasteiger partial charge in [0.15, 0.2) is 11.6 Å². The zero-order valence-electron chi connectivity index (χ0n) is 6.09. The van der Waals surface area contributed by atoms with Gasteiger partial charge < -0.3 is 0 Å². The summed E-state index contributed by atoms with van der Waals surface area (Å²) in [6.07, 6.45) is 0. The second-order valence-corrected chi connectivity index (χ2v) is 4.21. The summed E-state index contributed by atoms with van der Waals surface area (Å²) in [7, 11) is -4.06. The molecule has 0 bridgehead atoms. The monoisotopic (exact) mass is 227 g/mol. The van der Waals surface area contributed by atoms with Crippen molar-refractivity contribution in [2.45, 2.75) is 4.90 Å². The van der Waals surface area contributed by atoms with E-state index in [0.29, 0.717) is 6.07 Å². The standard InChI is InChI=1S/C6H4ClF2NO2S/c7-4-1-3(13(10,11)12)2-5(8)6(4)9/h1-2H,(H2,10,11,12). The molecule has 13 heavy (non-hydrogen) atoms. The molecule has 0 aliphatic heterocycles. The Morgan fingerprint density at radius 1 is 1.31 bits per heavy atom. The third-order valence-corrected chi connectivity index (χ3v) is 2.45. The number of rotatable bonds is 1. The zero-order chi connectivity index (χ0) is 10.2. The third-order valence-electron chi connectivity index (χ3n) is 1.29. The van der Waals surface area contributed by atoms with E-state index in [4.69, 9.17) is 11.6 Å². The number of hydrogen-bond donors (Lipinski definition) is 1. The second-order valence-electron chi connectivity index (χ2n) is 2.25. The molecule has 7 heteroatoms. The van der Waals surface area contributed by atoms with E-state index in [0.717, 1.165) is 6.07 Å². The van der Waals surface area contributed by atoms with Gasteiger partial charge in [0.25, 0.3) is 0 Å². The van der Waals surface area contributed by atoms with Crippen molar-refractivity contribution >= 4 is 21.6 Å². The molecule has 0 amide bonds. The highest BCUT2D eigenvalue weighted by molar-refractivity contribution is 7.89. The maximum Gasteiger partial charge on any atom is 0.238 e. The third kappa shape index (κ3) is 2.15. The zero-order valence-corrected chi connectivity index (χ0v) is 7.66. The van der Waals surface area contributed by atoms with Crippen molar-refractivity contribution in [3.63, 3.8) is 0 Å². The van der Waals surface area contributed by atoms with Crippen LogP contribution >= 0.6 is 11.6 Å². The van der Waals surface area contributed by atoms with Gasteiger partial charge in [0.2, 0.25) is 10.0 Å². The fourth-order valence-electron chi connectivity index (χ4n) is 0.697. The highest BCUT2D eigenvalue weighted by Gasteiger charge is 2.15. The van der Waals surface area contributed by atoms with Gasteiger partial charge >= 0.3 is 0 Å². The maximum absolute atomic E-state index is 12.6. The second kappa shape index (κ2) is 3.21. The molecular weight excluding hydrogens is 224 g/mol. The summed E-state index contributed by atoms with van der Waals surface area (Å²) < 4.78 is 46.5. The van der Waals surface area contributed by atoms with Crippen molar-refractivity contribution in [3.05, 3.63) is 28.8 Å². The predicted octanol–water partition coefficient (Wildman–Crippen LogP) is 1.27. The molecule has 0 saturated heterocycles. The van der Waals surface area contributed by atoms with Crippen molar-refractivity contribution in [3.8, 4) is 0 Å². The van der Waals surface area contributed by atoms with E-state index in [1.807, 2.05) is 0 Å². The Kier molecular flexibility index (Phi) is 2.56. The van der Waals surface area contributed by atoms with Crippen molar-refractivity contribution in [1.82, 2.24) is 0 Å². The van der Waals surface area contributed by atoms with E-state index >= 15 is 0 Å². The number of primary sulfonamides is 1. The topological polar surface area (TPSA) is 60.2 Å². The first kappa shape index (κ1) is 10.4.